The Morgan fingerprint density at radius 3 is 2.59 bits per heavy atom. The molecule has 0 aliphatic rings. The van der Waals surface area contributed by atoms with Gasteiger partial charge in [-0.25, -0.2) is 4.79 Å². The summed E-state index contributed by atoms with van der Waals surface area (Å²) in [5.41, 5.74) is 3.13. The molecule has 0 radical (unpaired) electrons. The lowest BCUT2D eigenvalue weighted by Gasteiger charge is -2.14. The van der Waals surface area contributed by atoms with Gasteiger partial charge in [-0.05, 0) is 53.6 Å². The largest absolute Gasteiger partial charge is 0.478 e. The molecule has 2 heterocycles. The SMILES string of the molecule is CC(NC(=O)c1cccc(-c2nnn(Cc3ccc(C(=O)O)cc3)n2)c1)c1cccnc1. The van der Waals surface area contributed by atoms with Crippen LogP contribution in [0.3, 0.4) is 0 Å². The molecule has 2 N–H and O–H groups in total. The van der Waals surface area contributed by atoms with Crippen molar-refractivity contribution in [1.29, 1.82) is 0 Å². The molecule has 4 rings (SSSR count). The van der Waals surface area contributed by atoms with Crippen molar-refractivity contribution in [3.63, 3.8) is 0 Å². The highest BCUT2D eigenvalue weighted by Crippen LogP contribution is 2.17. The molecule has 2 aromatic heterocycles. The van der Waals surface area contributed by atoms with Crippen LogP contribution in [0.4, 0.5) is 0 Å². The molecule has 2 aromatic carbocycles. The van der Waals surface area contributed by atoms with Crippen LogP contribution < -0.4 is 5.32 Å². The summed E-state index contributed by atoms with van der Waals surface area (Å²) in [5.74, 6) is -0.798. The van der Waals surface area contributed by atoms with Crippen molar-refractivity contribution in [2.24, 2.45) is 0 Å². The fraction of sp³-hybridized carbons (Fsp3) is 0.130. The molecule has 1 unspecified atom stereocenters. The number of tetrazole rings is 1. The summed E-state index contributed by atoms with van der Waals surface area (Å²) in [6.07, 6.45) is 3.41. The number of hydrogen-bond acceptors (Lipinski definition) is 6. The van der Waals surface area contributed by atoms with Crippen LogP contribution in [0.25, 0.3) is 11.4 Å². The predicted octanol–water partition coefficient (Wildman–Crippen LogP) is 2.97. The third-order valence-corrected chi connectivity index (χ3v) is 4.89. The highest BCUT2D eigenvalue weighted by Gasteiger charge is 2.14. The molecule has 0 fully saturated rings. The molecule has 0 spiro atoms. The summed E-state index contributed by atoms with van der Waals surface area (Å²) in [6.45, 7) is 2.24. The number of nitrogens with one attached hydrogen (secondary N) is 1. The molecule has 0 saturated heterocycles. The zero-order valence-electron chi connectivity index (χ0n) is 17.2. The van der Waals surface area contributed by atoms with Gasteiger partial charge in [-0.15, -0.1) is 10.2 Å². The molecule has 32 heavy (non-hydrogen) atoms. The van der Waals surface area contributed by atoms with E-state index in [0.29, 0.717) is 23.5 Å². The fourth-order valence-electron chi connectivity index (χ4n) is 3.14. The van der Waals surface area contributed by atoms with Gasteiger partial charge in [0.1, 0.15) is 0 Å². The van der Waals surface area contributed by atoms with Gasteiger partial charge >= 0.3 is 5.97 Å². The molecule has 160 valence electrons. The molecule has 0 aliphatic heterocycles. The van der Waals surface area contributed by atoms with Crippen LogP contribution in [0.1, 0.15) is 44.8 Å². The van der Waals surface area contributed by atoms with E-state index in [0.717, 1.165) is 11.1 Å². The maximum absolute atomic E-state index is 12.7. The Labute approximate surface area is 183 Å². The number of rotatable bonds is 7. The van der Waals surface area contributed by atoms with Crippen LogP contribution >= 0.6 is 0 Å². The van der Waals surface area contributed by atoms with Crippen molar-refractivity contribution in [2.75, 3.05) is 0 Å². The molecule has 1 atom stereocenters. The average Bonchev–Trinajstić information content (AvgIpc) is 3.28. The van der Waals surface area contributed by atoms with Gasteiger partial charge in [-0.2, -0.15) is 4.80 Å². The second kappa shape index (κ2) is 9.17. The van der Waals surface area contributed by atoms with E-state index < -0.39 is 5.97 Å². The van der Waals surface area contributed by atoms with E-state index in [9.17, 15) is 9.59 Å². The lowest BCUT2D eigenvalue weighted by atomic mass is 10.1. The first-order chi connectivity index (χ1) is 15.5. The van der Waals surface area contributed by atoms with Crippen LogP contribution in [-0.2, 0) is 6.54 Å². The van der Waals surface area contributed by atoms with E-state index >= 15 is 0 Å². The Hall–Kier alpha value is -4.40. The van der Waals surface area contributed by atoms with E-state index in [4.69, 9.17) is 5.11 Å². The molecule has 9 heteroatoms. The lowest BCUT2D eigenvalue weighted by molar-refractivity contribution is 0.0696. The van der Waals surface area contributed by atoms with E-state index in [1.54, 1.807) is 42.7 Å². The van der Waals surface area contributed by atoms with Crippen molar-refractivity contribution < 1.29 is 14.7 Å². The Bertz CT molecular complexity index is 1240. The maximum atomic E-state index is 12.7. The molecule has 0 bridgehead atoms. The number of carboxylic acids is 1. The third kappa shape index (κ3) is 4.84. The zero-order valence-corrected chi connectivity index (χ0v) is 17.2. The van der Waals surface area contributed by atoms with E-state index in [1.165, 1.54) is 16.9 Å². The topological polar surface area (TPSA) is 123 Å². The Morgan fingerprint density at radius 1 is 1.06 bits per heavy atom. The number of aromatic carboxylic acids is 1. The summed E-state index contributed by atoms with van der Waals surface area (Å²) in [6, 6.07) is 17.0. The smallest absolute Gasteiger partial charge is 0.335 e. The second-order valence-electron chi connectivity index (χ2n) is 7.21. The molecule has 0 aliphatic carbocycles. The van der Waals surface area contributed by atoms with Gasteiger partial charge in [-0.3, -0.25) is 9.78 Å². The van der Waals surface area contributed by atoms with Crippen molar-refractivity contribution in [3.05, 3.63) is 95.3 Å². The number of carbonyl (C=O) groups excluding carboxylic acids is 1. The summed E-state index contributed by atoms with van der Waals surface area (Å²) < 4.78 is 0. The third-order valence-electron chi connectivity index (χ3n) is 4.89. The van der Waals surface area contributed by atoms with Gasteiger partial charge < -0.3 is 10.4 Å². The quantitative estimate of drug-likeness (QED) is 0.464. The van der Waals surface area contributed by atoms with Crippen LogP contribution in [0.15, 0.2) is 73.1 Å². The Balaban J connectivity index is 1.46. The average molecular weight is 428 g/mol. The molecular weight excluding hydrogens is 408 g/mol. The van der Waals surface area contributed by atoms with Gasteiger partial charge in [0.25, 0.3) is 5.91 Å². The highest BCUT2D eigenvalue weighted by atomic mass is 16.4. The molecule has 4 aromatic rings. The minimum absolute atomic E-state index is 0.189. The number of hydrogen-bond donors (Lipinski definition) is 2. The second-order valence-corrected chi connectivity index (χ2v) is 7.21. The summed E-state index contributed by atoms with van der Waals surface area (Å²) in [4.78, 5) is 29.2. The monoisotopic (exact) mass is 428 g/mol. The van der Waals surface area contributed by atoms with E-state index in [-0.39, 0.29) is 17.5 Å². The number of amides is 1. The van der Waals surface area contributed by atoms with Gasteiger partial charge in [0.05, 0.1) is 18.2 Å². The molecular formula is C23H20N6O3. The van der Waals surface area contributed by atoms with Crippen LogP contribution in [0, 0.1) is 0 Å². The van der Waals surface area contributed by atoms with Gasteiger partial charge in [0, 0.05) is 23.5 Å². The van der Waals surface area contributed by atoms with Crippen LogP contribution in [0.2, 0.25) is 0 Å². The van der Waals surface area contributed by atoms with Crippen LogP contribution in [0.5, 0.6) is 0 Å². The predicted molar refractivity (Wildman–Crippen MR) is 116 cm³/mol. The minimum atomic E-state index is -0.975. The van der Waals surface area contributed by atoms with E-state index in [2.05, 4.69) is 25.7 Å². The summed E-state index contributed by atoms with van der Waals surface area (Å²) in [5, 5.41) is 24.5. The normalized spacial score (nSPS) is 11.7. The Kier molecular flexibility index (Phi) is 5.98. The lowest BCUT2D eigenvalue weighted by Crippen LogP contribution is -2.26. The molecule has 1 amide bonds. The number of pyridine rings is 1. The molecule has 0 saturated carbocycles. The van der Waals surface area contributed by atoms with Crippen molar-refractivity contribution in [2.45, 2.75) is 19.5 Å². The zero-order chi connectivity index (χ0) is 22.5. The number of benzene rings is 2. The van der Waals surface area contributed by atoms with Gasteiger partial charge in [-0.1, -0.05) is 30.3 Å². The first-order valence-corrected chi connectivity index (χ1v) is 9.91. The number of carbonyl (C=O) groups is 2. The van der Waals surface area contributed by atoms with Crippen molar-refractivity contribution in [1.82, 2.24) is 30.5 Å². The van der Waals surface area contributed by atoms with E-state index in [1.807, 2.05) is 25.1 Å². The Morgan fingerprint density at radius 2 is 1.88 bits per heavy atom. The summed E-state index contributed by atoms with van der Waals surface area (Å²) >= 11 is 0. The maximum Gasteiger partial charge on any atom is 0.335 e. The van der Waals surface area contributed by atoms with Crippen molar-refractivity contribution >= 4 is 11.9 Å². The standard InChI is InChI=1S/C23H20N6O3/c1-15(20-6-3-11-24-13-20)25-22(30)19-5-2-4-18(12-19)21-26-28-29(27-21)14-16-7-9-17(10-8-16)23(31)32/h2-13,15H,14H2,1H3,(H,25,30)(H,31,32). The number of nitrogens with zero attached hydrogens (tertiary/aromatic N) is 5. The minimum Gasteiger partial charge on any atom is -0.478 e. The number of carboxylic acid groups (broad SMARTS) is 1. The molecule has 9 nitrogen and oxygen atoms in total. The first-order valence-electron chi connectivity index (χ1n) is 9.91. The van der Waals surface area contributed by atoms with Gasteiger partial charge in [0.15, 0.2) is 0 Å². The first kappa shape index (κ1) is 20.9. The number of aromatic nitrogens is 5. The summed E-state index contributed by atoms with van der Waals surface area (Å²) in [7, 11) is 0. The van der Waals surface area contributed by atoms with Crippen LogP contribution in [-0.4, -0.2) is 42.2 Å². The fourth-order valence-corrected chi connectivity index (χ4v) is 3.14. The van der Waals surface area contributed by atoms with Gasteiger partial charge in [0.2, 0.25) is 5.82 Å². The van der Waals surface area contributed by atoms with Crippen molar-refractivity contribution in [3.8, 4) is 11.4 Å². The highest BCUT2D eigenvalue weighted by molar-refractivity contribution is 5.95.